The Labute approximate surface area is 128 Å². The summed E-state index contributed by atoms with van der Waals surface area (Å²) < 4.78 is 0. The molecular weight excluding hydrogens is 240 g/mol. The number of rotatable bonds is 7. The van der Waals surface area contributed by atoms with Gasteiger partial charge in [-0.3, -0.25) is 0 Å². The van der Waals surface area contributed by atoms with Gasteiger partial charge in [0, 0.05) is 0 Å². The monoisotopic (exact) mass is 278 g/mol. The Hall–Kier alpha value is 0. The van der Waals surface area contributed by atoms with Gasteiger partial charge in [-0.1, -0.05) is 48.0 Å². The van der Waals surface area contributed by atoms with Gasteiger partial charge in [0.2, 0.25) is 0 Å². The molecule has 2 saturated carbocycles. The van der Waals surface area contributed by atoms with Gasteiger partial charge in [-0.2, -0.15) is 0 Å². The molecule has 0 aromatic carbocycles. The van der Waals surface area contributed by atoms with Crippen LogP contribution in [0.1, 0.15) is 86.5 Å². The highest BCUT2D eigenvalue weighted by molar-refractivity contribution is 4.97. The lowest BCUT2D eigenvalue weighted by atomic mass is 9.74. The summed E-state index contributed by atoms with van der Waals surface area (Å²) >= 11 is 0. The summed E-state index contributed by atoms with van der Waals surface area (Å²) in [6.45, 7) is 14.8. The van der Waals surface area contributed by atoms with E-state index in [1.54, 1.807) is 6.42 Å². The second kappa shape index (κ2) is 6.41. The van der Waals surface area contributed by atoms with E-state index in [9.17, 15) is 0 Å². The summed E-state index contributed by atoms with van der Waals surface area (Å²) in [7, 11) is 0. The van der Waals surface area contributed by atoms with Gasteiger partial charge in [0.1, 0.15) is 0 Å². The Kier molecular flexibility index (Phi) is 5.24. The first kappa shape index (κ1) is 16.4. The van der Waals surface area contributed by atoms with E-state index in [0.717, 1.165) is 35.5 Å². The molecule has 2 aliphatic carbocycles. The molecule has 0 heteroatoms. The third-order valence-corrected chi connectivity index (χ3v) is 7.13. The van der Waals surface area contributed by atoms with Gasteiger partial charge in [-0.25, -0.2) is 0 Å². The molecule has 7 unspecified atom stereocenters. The molecule has 118 valence electrons. The van der Waals surface area contributed by atoms with Crippen LogP contribution in [0.3, 0.4) is 0 Å². The van der Waals surface area contributed by atoms with Crippen molar-refractivity contribution in [3.05, 3.63) is 0 Å². The third-order valence-electron chi connectivity index (χ3n) is 7.13. The summed E-state index contributed by atoms with van der Waals surface area (Å²) in [5, 5.41) is 0. The van der Waals surface area contributed by atoms with E-state index >= 15 is 0 Å². The molecule has 0 amide bonds. The summed E-state index contributed by atoms with van der Waals surface area (Å²) in [4.78, 5) is 0. The lowest BCUT2D eigenvalue weighted by Gasteiger charge is -2.31. The largest absolute Gasteiger partial charge is 0.0651 e. The van der Waals surface area contributed by atoms with Crippen molar-refractivity contribution in [2.24, 2.45) is 40.9 Å². The molecule has 0 N–H and O–H groups in total. The van der Waals surface area contributed by atoms with Crippen LogP contribution in [0.5, 0.6) is 0 Å². The highest BCUT2D eigenvalue weighted by Gasteiger charge is 2.47. The van der Waals surface area contributed by atoms with Gasteiger partial charge in [0.25, 0.3) is 0 Å². The van der Waals surface area contributed by atoms with Crippen LogP contribution in [-0.4, -0.2) is 0 Å². The van der Waals surface area contributed by atoms with Crippen molar-refractivity contribution >= 4 is 0 Å². The van der Waals surface area contributed by atoms with Crippen LogP contribution in [0.2, 0.25) is 0 Å². The zero-order valence-corrected chi connectivity index (χ0v) is 14.9. The second-order valence-corrected chi connectivity index (χ2v) is 9.01. The molecule has 0 aliphatic heterocycles. The Morgan fingerprint density at radius 1 is 1.10 bits per heavy atom. The second-order valence-electron chi connectivity index (χ2n) is 9.01. The molecule has 0 saturated heterocycles. The molecule has 0 bridgehead atoms. The molecule has 2 rings (SSSR count). The Morgan fingerprint density at radius 3 is 2.35 bits per heavy atom. The lowest BCUT2D eigenvalue weighted by molar-refractivity contribution is 0.185. The van der Waals surface area contributed by atoms with Crippen molar-refractivity contribution < 1.29 is 0 Å². The number of hydrogen-bond acceptors (Lipinski definition) is 0. The van der Waals surface area contributed by atoms with Gasteiger partial charge < -0.3 is 0 Å². The minimum atomic E-state index is 0.665. The van der Waals surface area contributed by atoms with Gasteiger partial charge in [0.05, 0.1) is 0 Å². The van der Waals surface area contributed by atoms with E-state index in [4.69, 9.17) is 0 Å². The van der Waals surface area contributed by atoms with Crippen LogP contribution in [0.4, 0.5) is 0 Å². The first-order valence-corrected chi connectivity index (χ1v) is 9.35. The summed E-state index contributed by atoms with van der Waals surface area (Å²) in [6.07, 6.45) is 10.3. The minimum absolute atomic E-state index is 0.665. The first-order valence-electron chi connectivity index (χ1n) is 9.35. The lowest BCUT2D eigenvalue weighted by Crippen LogP contribution is -2.23. The van der Waals surface area contributed by atoms with Crippen molar-refractivity contribution in [2.45, 2.75) is 86.5 Å². The molecule has 0 aromatic rings. The maximum Gasteiger partial charge on any atom is -0.0295 e. The van der Waals surface area contributed by atoms with Crippen LogP contribution in [0.15, 0.2) is 0 Å². The normalized spacial score (nSPS) is 43.5. The van der Waals surface area contributed by atoms with Crippen LogP contribution in [-0.2, 0) is 0 Å². The van der Waals surface area contributed by atoms with Crippen molar-refractivity contribution in [2.75, 3.05) is 0 Å². The molecular formula is C20H38. The average molecular weight is 279 g/mol. The van der Waals surface area contributed by atoms with Crippen LogP contribution in [0, 0.1) is 40.9 Å². The van der Waals surface area contributed by atoms with E-state index in [1.807, 2.05) is 0 Å². The zero-order valence-electron chi connectivity index (χ0n) is 14.9. The number of hydrogen-bond donors (Lipinski definition) is 0. The van der Waals surface area contributed by atoms with Crippen LogP contribution < -0.4 is 0 Å². The topological polar surface area (TPSA) is 0 Å². The smallest absolute Gasteiger partial charge is 0.0295 e. The maximum atomic E-state index is 2.58. The molecule has 0 radical (unpaired) electrons. The van der Waals surface area contributed by atoms with Crippen molar-refractivity contribution in [3.63, 3.8) is 0 Å². The van der Waals surface area contributed by atoms with Crippen molar-refractivity contribution in [1.82, 2.24) is 0 Å². The fraction of sp³-hybridized carbons (Fsp3) is 1.00. The first-order chi connectivity index (χ1) is 9.35. The Balaban J connectivity index is 1.73. The SMILES string of the molecule is CCC(C)CC(C)CC1CC1CC1(C)CCC(C)C1C. The predicted molar refractivity (Wildman–Crippen MR) is 89.7 cm³/mol. The fourth-order valence-corrected chi connectivity index (χ4v) is 4.92. The minimum Gasteiger partial charge on any atom is -0.0651 e. The van der Waals surface area contributed by atoms with Crippen LogP contribution >= 0.6 is 0 Å². The van der Waals surface area contributed by atoms with E-state index < -0.39 is 0 Å². The summed E-state index contributed by atoms with van der Waals surface area (Å²) in [6, 6.07) is 0. The molecule has 20 heavy (non-hydrogen) atoms. The highest BCUT2D eigenvalue weighted by atomic mass is 14.5. The summed E-state index contributed by atoms with van der Waals surface area (Å²) in [5.41, 5.74) is 0.665. The van der Waals surface area contributed by atoms with Gasteiger partial charge in [0.15, 0.2) is 0 Å². The van der Waals surface area contributed by atoms with Gasteiger partial charge in [-0.15, -0.1) is 0 Å². The van der Waals surface area contributed by atoms with Crippen LogP contribution in [0.25, 0.3) is 0 Å². The Bertz CT molecular complexity index is 307. The molecule has 2 aliphatic rings. The predicted octanol–water partition coefficient (Wildman–Crippen LogP) is 6.55. The molecule has 0 nitrogen and oxygen atoms in total. The fourth-order valence-electron chi connectivity index (χ4n) is 4.92. The van der Waals surface area contributed by atoms with Crippen molar-refractivity contribution in [3.8, 4) is 0 Å². The molecule has 7 atom stereocenters. The summed E-state index contributed by atoms with van der Waals surface area (Å²) in [5.74, 6) is 5.94. The van der Waals surface area contributed by atoms with E-state index in [2.05, 4.69) is 41.5 Å². The molecule has 0 aromatic heterocycles. The van der Waals surface area contributed by atoms with E-state index in [-0.39, 0.29) is 0 Å². The van der Waals surface area contributed by atoms with Gasteiger partial charge in [-0.05, 0) is 79.4 Å². The molecule has 2 fully saturated rings. The van der Waals surface area contributed by atoms with Gasteiger partial charge >= 0.3 is 0 Å². The highest BCUT2D eigenvalue weighted by Crippen LogP contribution is 2.57. The molecule has 0 heterocycles. The van der Waals surface area contributed by atoms with Crippen molar-refractivity contribution in [1.29, 1.82) is 0 Å². The van der Waals surface area contributed by atoms with E-state index in [0.29, 0.717) is 5.41 Å². The standard InChI is InChI=1S/C20H38/c1-7-14(2)10-15(3)11-18-12-19(18)13-20(6)9-8-16(4)17(20)5/h14-19H,7-13H2,1-6H3. The van der Waals surface area contributed by atoms with E-state index in [1.165, 1.54) is 38.5 Å². The average Bonchev–Trinajstić information content (AvgIpc) is 3.05. The Morgan fingerprint density at radius 2 is 1.80 bits per heavy atom. The molecule has 0 spiro atoms. The zero-order chi connectivity index (χ0) is 14.9. The third kappa shape index (κ3) is 3.80. The maximum absolute atomic E-state index is 2.58. The quantitative estimate of drug-likeness (QED) is 0.495.